The summed E-state index contributed by atoms with van der Waals surface area (Å²) in [5.74, 6) is 0.929. The third-order valence-electron chi connectivity index (χ3n) is 4.14. The highest BCUT2D eigenvalue weighted by molar-refractivity contribution is 7.13. The number of hydrogen-bond acceptors (Lipinski definition) is 4. The van der Waals surface area contributed by atoms with Gasteiger partial charge < -0.3 is 0 Å². The van der Waals surface area contributed by atoms with Gasteiger partial charge in [-0.05, 0) is 53.2 Å². The van der Waals surface area contributed by atoms with E-state index in [9.17, 15) is 4.79 Å². The number of Topliss-reactive ketones (excluding diaryl/α,β-unsaturated/α-hetero) is 1. The molecular weight excluding hydrogens is 280 g/mol. The van der Waals surface area contributed by atoms with E-state index in [1.807, 2.05) is 24.4 Å². The molecule has 0 N–H and O–H groups in total. The van der Waals surface area contributed by atoms with Crippen molar-refractivity contribution in [2.75, 3.05) is 0 Å². The van der Waals surface area contributed by atoms with Crippen molar-refractivity contribution in [3.05, 3.63) is 60.0 Å². The topological polar surface area (TPSA) is 42.9 Å². The normalized spacial score (nSPS) is 20.6. The molecule has 3 nitrogen and oxygen atoms in total. The molecular formula is C17H14N2OS. The monoisotopic (exact) mass is 294 g/mol. The minimum atomic E-state index is 0.185. The maximum Gasteiger partial charge on any atom is 0.140 e. The third-order valence-corrected chi connectivity index (χ3v) is 4.90. The van der Waals surface area contributed by atoms with Crippen molar-refractivity contribution in [3.8, 4) is 0 Å². The van der Waals surface area contributed by atoms with Gasteiger partial charge in [0.2, 0.25) is 0 Å². The van der Waals surface area contributed by atoms with Crippen LogP contribution in [0.25, 0.3) is 10.1 Å². The highest BCUT2D eigenvalue weighted by atomic mass is 32.1. The van der Waals surface area contributed by atoms with Crippen molar-refractivity contribution >= 4 is 27.4 Å². The fraction of sp³-hybridized carbons (Fsp3) is 0.235. The molecule has 1 aliphatic carbocycles. The van der Waals surface area contributed by atoms with E-state index in [0.717, 1.165) is 22.1 Å². The summed E-state index contributed by atoms with van der Waals surface area (Å²) in [4.78, 5) is 16.4. The van der Waals surface area contributed by atoms with E-state index < -0.39 is 0 Å². The first-order chi connectivity index (χ1) is 10.3. The Bertz CT molecular complexity index is 797. The summed E-state index contributed by atoms with van der Waals surface area (Å²) < 4.78 is 5.33. The van der Waals surface area contributed by atoms with Crippen molar-refractivity contribution in [3.63, 3.8) is 0 Å². The van der Waals surface area contributed by atoms with Crippen LogP contribution in [0.5, 0.6) is 0 Å². The number of benzene rings is 1. The molecule has 2 aromatic heterocycles. The van der Waals surface area contributed by atoms with Gasteiger partial charge in [-0.2, -0.15) is 4.37 Å². The third kappa shape index (κ3) is 2.47. The van der Waals surface area contributed by atoms with Gasteiger partial charge >= 0.3 is 0 Å². The predicted molar refractivity (Wildman–Crippen MR) is 83.4 cm³/mol. The van der Waals surface area contributed by atoms with Crippen LogP contribution in [0, 0.1) is 5.92 Å². The summed E-state index contributed by atoms with van der Waals surface area (Å²) in [6.45, 7) is 0. The van der Waals surface area contributed by atoms with Crippen LogP contribution >= 0.6 is 11.5 Å². The van der Waals surface area contributed by atoms with Gasteiger partial charge in [-0.15, -0.1) is 0 Å². The molecule has 1 aliphatic rings. The first-order valence-corrected chi connectivity index (χ1v) is 7.84. The van der Waals surface area contributed by atoms with Crippen LogP contribution < -0.4 is 0 Å². The second-order valence-electron chi connectivity index (χ2n) is 5.57. The van der Waals surface area contributed by atoms with Crippen molar-refractivity contribution in [2.24, 2.45) is 5.92 Å². The number of nitrogens with zero attached hydrogens (tertiary/aromatic N) is 2. The Balaban J connectivity index is 1.47. The minimum Gasteiger partial charge on any atom is -0.299 e. The zero-order chi connectivity index (χ0) is 14.2. The lowest BCUT2D eigenvalue weighted by molar-refractivity contribution is -0.119. The number of ketones is 1. The molecule has 4 rings (SSSR count). The number of rotatable bonds is 4. The Kier molecular flexibility index (Phi) is 3.04. The molecule has 0 amide bonds. The molecule has 104 valence electrons. The van der Waals surface area contributed by atoms with Crippen molar-refractivity contribution in [1.29, 1.82) is 0 Å². The lowest BCUT2D eigenvalue weighted by atomic mass is 10.0. The molecule has 0 bridgehead atoms. The van der Waals surface area contributed by atoms with E-state index in [1.54, 1.807) is 12.4 Å². The average Bonchev–Trinajstić information content (AvgIpc) is 3.19. The molecule has 1 aromatic carbocycles. The zero-order valence-electron chi connectivity index (χ0n) is 11.4. The van der Waals surface area contributed by atoms with E-state index in [0.29, 0.717) is 18.1 Å². The van der Waals surface area contributed by atoms with Gasteiger partial charge in [0.15, 0.2) is 0 Å². The average molecular weight is 294 g/mol. The van der Waals surface area contributed by atoms with Crippen LogP contribution in [0.2, 0.25) is 0 Å². The SMILES string of the molecule is O=C(Cc1ccc2cnsc2c1)[C@@H]1CC1c1ccncc1. The number of fused-ring (bicyclic) bond motifs is 1. The van der Waals surface area contributed by atoms with Crippen molar-refractivity contribution in [1.82, 2.24) is 9.36 Å². The van der Waals surface area contributed by atoms with E-state index in [-0.39, 0.29) is 5.92 Å². The Labute approximate surface area is 126 Å². The van der Waals surface area contributed by atoms with Crippen LogP contribution in [-0.4, -0.2) is 15.1 Å². The Morgan fingerprint density at radius 2 is 2.10 bits per heavy atom. The molecule has 0 radical (unpaired) electrons. The van der Waals surface area contributed by atoms with Crippen molar-refractivity contribution in [2.45, 2.75) is 18.8 Å². The number of pyridine rings is 1. The van der Waals surface area contributed by atoms with E-state index in [1.165, 1.54) is 17.1 Å². The quantitative estimate of drug-likeness (QED) is 0.738. The Morgan fingerprint density at radius 1 is 1.24 bits per heavy atom. The summed E-state index contributed by atoms with van der Waals surface area (Å²) in [5.41, 5.74) is 2.33. The summed E-state index contributed by atoms with van der Waals surface area (Å²) in [6, 6.07) is 10.2. The van der Waals surface area contributed by atoms with Gasteiger partial charge in [0.1, 0.15) is 5.78 Å². The van der Waals surface area contributed by atoms with Crippen molar-refractivity contribution < 1.29 is 4.79 Å². The lowest BCUT2D eigenvalue weighted by Gasteiger charge is -2.02. The van der Waals surface area contributed by atoms with Crippen LogP contribution in [-0.2, 0) is 11.2 Å². The number of hydrogen-bond donors (Lipinski definition) is 0. The maximum absolute atomic E-state index is 12.4. The second-order valence-corrected chi connectivity index (χ2v) is 6.40. The lowest BCUT2D eigenvalue weighted by Crippen LogP contribution is -2.06. The predicted octanol–water partition coefficient (Wildman–Crippen LogP) is 3.61. The summed E-state index contributed by atoms with van der Waals surface area (Å²) >= 11 is 1.48. The van der Waals surface area contributed by atoms with Gasteiger partial charge in [-0.3, -0.25) is 9.78 Å². The molecule has 0 aliphatic heterocycles. The second kappa shape index (κ2) is 5.04. The molecule has 2 atom stereocenters. The molecule has 21 heavy (non-hydrogen) atoms. The van der Waals surface area contributed by atoms with Crippen LogP contribution in [0.4, 0.5) is 0 Å². The Morgan fingerprint density at radius 3 is 2.95 bits per heavy atom. The molecule has 3 aromatic rings. The summed E-state index contributed by atoms with van der Waals surface area (Å²) in [6.07, 6.45) is 6.97. The Hall–Kier alpha value is -2.07. The fourth-order valence-electron chi connectivity index (χ4n) is 2.88. The highest BCUT2D eigenvalue weighted by Gasteiger charge is 2.43. The molecule has 0 spiro atoms. The van der Waals surface area contributed by atoms with E-state index in [4.69, 9.17) is 0 Å². The molecule has 1 saturated carbocycles. The minimum absolute atomic E-state index is 0.185. The van der Waals surface area contributed by atoms with Gasteiger partial charge in [-0.25, -0.2) is 0 Å². The van der Waals surface area contributed by atoms with Crippen LogP contribution in [0.3, 0.4) is 0 Å². The first kappa shape index (κ1) is 12.7. The molecule has 0 saturated heterocycles. The van der Waals surface area contributed by atoms with Gasteiger partial charge in [0, 0.05) is 36.3 Å². The number of carbonyl (C=O) groups is 1. The fourth-order valence-corrected chi connectivity index (χ4v) is 3.59. The van der Waals surface area contributed by atoms with E-state index >= 15 is 0 Å². The number of carbonyl (C=O) groups excluding carboxylic acids is 1. The molecule has 4 heteroatoms. The van der Waals surface area contributed by atoms with Crippen LogP contribution in [0.15, 0.2) is 48.9 Å². The molecule has 1 fully saturated rings. The zero-order valence-corrected chi connectivity index (χ0v) is 12.2. The van der Waals surface area contributed by atoms with Gasteiger partial charge in [0.05, 0.1) is 4.70 Å². The maximum atomic E-state index is 12.4. The highest BCUT2D eigenvalue weighted by Crippen LogP contribution is 2.48. The van der Waals surface area contributed by atoms with Crippen LogP contribution in [0.1, 0.15) is 23.5 Å². The smallest absolute Gasteiger partial charge is 0.140 e. The summed E-state index contributed by atoms with van der Waals surface area (Å²) in [5, 5.41) is 1.15. The van der Waals surface area contributed by atoms with E-state index in [2.05, 4.69) is 21.5 Å². The van der Waals surface area contributed by atoms with Gasteiger partial charge in [-0.1, -0.05) is 12.1 Å². The number of aromatic nitrogens is 2. The summed E-state index contributed by atoms with van der Waals surface area (Å²) in [7, 11) is 0. The molecule has 1 unspecified atom stereocenters. The van der Waals surface area contributed by atoms with Gasteiger partial charge in [0.25, 0.3) is 0 Å². The largest absolute Gasteiger partial charge is 0.299 e. The standard InChI is InChI=1S/C17H14N2OS/c20-16(15-9-14(15)12-3-5-18-6-4-12)7-11-1-2-13-10-19-21-17(13)8-11/h1-6,8,10,14-15H,7,9H2/t14?,15-/m1/s1. The first-order valence-electron chi connectivity index (χ1n) is 7.07. The molecule has 2 heterocycles.